The minimum Gasteiger partial charge on any atom is -0.366 e. The van der Waals surface area contributed by atoms with Crippen molar-refractivity contribution < 1.29 is 4.79 Å². The maximum Gasteiger partial charge on any atom is 0.243 e. The summed E-state index contributed by atoms with van der Waals surface area (Å²) in [5, 5.41) is 0. The predicted molar refractivity (Wildman–Crippen MR) is 50.5 cm³/mol. The molecule has 0 saturated heterocycles. The molecule has 0 aliphatic heterocycles. The highest BCUT2D eigenvalue weighted by Crippen LogP contribution is 1.80. The van der Waals surface area contributed by atoms with E-state index < -0.39 is 5.91 Å². The molecular weight excluding hydrogens is 150 g/mol. The van der Waals surface area contributed by atoms with Crippen molar-refractivity contribution >= 4 is 5.91 Å². The van der Waals surface area contributed by atoms with Gasteiger partial charge in [0.1, 0.15) is 0 Å². The lowest BCUT2D eigenvalue weighted by atomic mass is 10.3. The number of rotatable bonds is 1. The van der Waals surface area contributed by atoms with E-state index in [1.54, 1.807) is 6.92 Å². The van der Waals surface area contributed by atoms with Crippen molar-refractivity contribution in [2.45, 2.75) is 6.92 Å². The Labute approximate surface area is 72.7 Å². The number of benzene rings is 1. The van der Waals surface area contributed by atoms with Crippen molar-refractivity contribution in [2.24, 2.45) is 5.73 Å². The van der Waals surface area contributed by atoms with Gasteiger partial charge in [-0.2, -0.15) is 0 Å². The third-order valence-corrected chi connectivity index (χ3v) is 1.09. The van der Waals surface area contributed by atoms with Gasteiger partial charge in [0, 0.05) is 5.57 Å². The fraction of sp³-hybridized carbons (Fsp3) is 0.100. The van der Waals surface area contributed by atoms with Crippen LogP contribution in [0.5, 0.6) is 0 Å². The highest BCUT2D eigenvalue weighted by Gasteiger charge is 1.86. The smallest absolute Gasteiger partial charge is 0.243 e. The van der Waals surface area contributed by atoms with E-state index in [0.717, 1.165) is 0 Å². The molecule has 2 N–H and O–H groups in total. The summed E-state index contributed by atoms with van der Waals surface area (Å²) in [5.74, 6) is -0.435. The number of nitrogens with two attached hydrogens (primary N) is 1. The Bertz CT molecular complexity index is 203. The molecule has 1 amide bonds. The van der Waals surface area contributed by atoms with Gasteiger partial charge in [-0.3, -0.25) is 4.79 Å². The van der Waals surface area contributed by atoms with Crippen LogP contribution in [0.4, 0.5) is 0 Å². The van der Waals surface area contributed by atoms with E-state index in [2.05, 4.69) is 6.58 Å². The van der Waals surface area contributed by atoms with E-state index >= 15 is 0 Å². The van der Waals surface area contributed by atoms with Gasteiger partial charge in [-0.1, -0.05) is 43.0 Å². The van der Waals surface area contributed by atoms with Gasteiger partial charge in [-0.15, -0.1) is 0 Å². The van der Waals surface area contributed by atoms with Gasteiger partial charge in [0.25, 0.3) is 0 Å². The molecule has 0 aliphatic carbocycles. The predicted octanol–water partition coefficient (Wildman–Crippen LogP) is 1.73. The van der Waals surface area contributed by atoms with Crippen LogP contribution in [-0.4, -0.2) is 5.91 Å². The summed E-state index contributed by atoms with van der Waals surface area (Å²) in [6.45, 7) is 4.85. The first kappa shape index (κ1) is 10.4. The topological polar surface area (TPSA) is 43.1 Å². The Kier molecular flexibility index (Phi) is 5.35. The minimum atomic E-state index is -0.435. The molecule has 1 rings (SSSR count). The standard InChI is InChI=1S/C6H6.C4H7NO/c1-2-4-6-5-3-1;1-3(2)4(5)6/h1-6H;1H2,2H3,(H2,5,6). The maximum atomic E-state index is 9.82. The van der Waals surface area contributed by atoms with Gasteiger partial charge in [-0.25, -0.2) is 0 Å². The molecule has 1 aromatic carbocycles. The van der Waals surface area contributed by atoms with Crippen LogP contribution in [0.15, 0.2) is 48.6 Å². The third-order valence-electron chi connectivity index (χ3n) is 1.09. The summed E-state index contributed by atoms with van der Waals surface area (Å²) in [6, 6.07) is 12.0. The van der Waals surface area contributed by atoms with Crippen LogP contribution in [-0.2, 0) is 4.79 Å². The average molecular weight is 163 g/mol. The second-order valence-corrected chi connectivity index (χ2v) is 2.30. The molecule has 1 aromatic rings. The van der Waals surface area contributed by atoms with Crippen molar-refractivity contribution in [1.29, 1.82) is 0 Å². The van der Waals surface area contributed by atoms with Crippen LogP contribution in [0.1, 0.15) is 6.92 Å². The third kappa shape index (κ3) is 6.55. The molecule has 12 heavy (non-hydrogen) atoms. The average Bonchev–Trinajstić information content (AvgIpc) is 2.08. The Morgan fingerprint density at radius 3 is 1.33 bits per heavy atom. The van der Waals surface area contributed by atoms with Crippen LogP contribution in [0.25, 0.3) is 0 Å². The summed E-state index contributed by atoms with van der Waals surface area (Å²) in [6.07, 6.45) is 0. The summed E-state index contributed by atoms with van der Waals surface area (Å²) in [4.78, 5) is 9.82. The van der Waals surface area contributed by atoms with Crippen molar-refractivity contribution in [3.8, 4) is 0 Å². The Hall–Kier alpha value is -1.57. The highest BCUT2D eigenvalue weighted by atomic mass is 16.1. The number of primary amides is 1. The lowest BCUT2D eigenvalue weighted by Crippen LogP contribution is -2.10. The van der Waals surface area contributed by atoms with Crippen LogP contribution < -0.4 is 5.73 Å². The van der Waals surface area contributed by atoms with E-state index in [-0.39, 0.29) is 0 Å². The van der Waals surface area contributed by atoms with E-state index in [1.807, 2.05) is 36.4 Å². The van der Waals surface area contributed by atoms with Crippen LogP contribution in [0, 0.1) is 0 Å². The summed E-state index contributed by atoms with van der Waals surface area (Å²) in [5.41, 5.74) is 5.09. The van der Waals surface area contributed by atoms with Gasteiger partial charge in [0.2, 0.25) is 5.91 Å². The maximum absolute atomic E-state index is 9.82. The van der Waals surface area contributed by atoms with Crippen LogP contribution in [0.3, 0.4) is 0 Å². The molecule has 2 nitrogen and oxygen atoms in total. The molecule has 0 saturated carbocycles. The van der Waals surface area contributed by atoms with E-state index in [0.29, 0.717) is 5.57 Å². The van der Waals surface area contributed by atoms with Gasteiger partial charge < -0.3 is 5.73 Å². The van der Waals surface area contributed by atoms with Crippen molar-refractivity contribution in [2.75, 3.05) is 0 Å². The first-order valence-corrected chi connectivity index (χ1v) is 3.60. The summed E-state index contributed by atoms with van der Waals surface area (Å²) in [7, 11) is 0. The molecule has 0 bridgehead atoms. The van der Waals surface area contributed by atoms with Crippen LogP contribution in [0.2, 0.25) is 0 Å². The first-order valence-electron chi connectivity index (χ1n) is 3.60. The van der Waals surface area contributed by atoms with Gasteiger partial charge in [-0.05, 0) is 6.92 Å². The van der Waals surface area contributed by atoms with E-state index in [1.165, 1.54) is 0 Å². The second kappa shape index (κ2) is 6.16. The number of hydrogen-bond donors (Lipinski definition) is 1. The second-order valence-electron chi connectivity index (χ2n) is 2.30. The molecule has 0 heterocycles. The van der Waals surface area contributed by atoms with Crippen molar-refractivity contribution in [3.05, 3.63) is 48.6 Å². The zero-order chi connectivity index (χ0) is 9.40. The lowest BCUT2D eigenvalue weighted by molar-refractivity contribution is -0.114. The molecule has 0 spiro atoms. The van der Waals surface area contributed by atoms with E-state index in [9.17, 15) is 4.79 Å². The molecular formula is C10H13NO. The molecule has 0 aliphatic rings. The minimum absolute atomic E-state index is 0.398. The molecule has 0 fully saturated rings. The summed E-state index contributed by atoms with van der Waals surface area (Å²) >= 11 is 0. The Morgan fingerprint density at radius 1 is 1.08 bits per heavy atom. The molecule has 0 unspecified atom stereocenters. The fourth-order valence-corrected chi connectivity index (χ4v) is 0.385. The van der Waals surface area contributed by atoms with Crippen molar-refractivity contribution in [3.63, 3.8) is 0 Å². The summed E-state index contributed by atoms with van der Waals surface area (Å²) < 4.78 is 0. The van der Waals surface area contributed by atoms with Gasteiger partial charge in [0.15, 0.2) is 0 Å². The quantitative estimate of drug-likeness (QED) is 0.629. The SMILES string of the molecule is C=C(C)C(N)=O.c1ccccc1. The number of carbonyl (C=O) groups excluding carboxylic acids is 1. The molecule has 64 valence electrons. The molecule has 2 heteroatoms. The highest BCUT2D eigenvalue weighted by molar-refractivity contribution is 5.90. The first-order chi connectivity index (χ1) is 5.64. The van der Waals surface area contributed by atoms with Gasteiger partial charge >= 0.3 is 0 Å². The monoisotopic (exact) mass is 163 g/mol. The van der Waals surface area contributed by atoms with Crippen LogP contribution >= 0.6 is 0 Å². The van der Waals surface area contributed by atoms with E-state index in [4.69, 9.17) is 5.73 Å². The lowest BCUT2D eigenvalue weighted by Gasteiger charge is -1.81. The number of hydrogen-bond acceptors (Lipinski definition) is 1. The Balaban J connectivity index is 0.000000202. The molecule has 0 radical (unpaired) electrons. The van der Waals surface area contributed by atoms with Gasteiger partial charge in [0.05, 0.1) is 0 Å². The van der Waals surface area contributed by atoms with Crippen molar-refractivity contribution in [1.82, 2.24) is 0 Å². The largest absolute Gasteiger partial charge is 0.366 e. The normalized spacial score (nSPS) is 7.75. The molecule has 0 atom stereocenters. The zero-order valence-corrected chi connectivity index (χ0v) is 7.16. The number of amides is 1. The fourth-order valence-electron chi connectivity index (χ4n) is 0.385. The zero-order valence-electron chi connectivity index (χ0n) is 7.16. The Morgan fingerprint density at radius 2 is 1.25 bits per heavy atom. The number of carbonyl (C=O) groups is 1. The molecule has 0 aromatic heterocycles.